The fraction of sp³-hybridized carbons (Fsp3) is 1.00. The number of halogens is 3. The van der Waals surface area contributed by atoms with Crippen molar-refractivity contribution in [1.29, 1.82) is 0 Å². The van der Waals surface area contributed by atoms with Crippen LogP contribution in [-0.4, -0.2) is 38.1 Å². The Morgan fingerprint density at radius 2 is 1.63 bits per heavy atom. The lowest BCUT2D eigenvalue weighted by molar-refractivity contribution is -0.175. The van der Waals surface area contributed by atoms with Gasteiger partial charge in [-0.3, -0.25) is 0 Å². The zero-order chi connectivity index (χ0) is 14.2. The zero-order valence-corrected chi connectivity index (χ0v) is 11.3. The van der Waals surface area contributed by atoms with Crippen molar-refractivity contribution in [3.05, 3.63) is 0 Å². The maximum Gasteiger partial charge on any atom is 0.411 e. The predicted molar refractivity (Wildman–Crippen MR) is 66.9 cm³/mol. The molecule has 0 amide bonds. The Kier molecular flexibility index (Phi) is 7.10. The van der Waals surface area contributed by atoms with Crippen LogP contribution in [0.25, 0.3) is 0 Å². The molecule has 0 radical (unpaired) electrons. The van der Waals surface area contributed by atoms with E-state index < -0.39 is 12.8 Å². The first-order valence-corrected chi connectivity index (χ1v) is 6.96. The summed E-state index contributed by atoms with van der Waals surface area (Å²) in [7, 11) is 0. The van der Waals surface area contributed by atoms with E-state index in [1.54, 1.807) is 0 Å². The van der Waals surface area contributed by atoms with Crippen LogP contribution in [0.1, 0.15) is 44.9 Å². The second-order valence-electron chi connectivity index (χ2n) is 5.17. The van der Waals surface area contributed by atoms with Crippen LogP contribution in [0.2, 0.25) is 0 Å². The summed E-state index contributed by atoms with van der Waals surface area (Å²) in [6.45, 7) is -0.222. The molecular formula is C13H24F3NO2. The molecule has 1 aliphatic carbocycles. The Morgan fingerprint density at radius 1 is 1.00 bits per heavy atom. The van der Waals surface area contributed by atoms with Gasteiger partial charge < -0.3 is 15.2 Å². The Labute approximate surface area is 112 Å². The van der Waals surface area contributed by atoms with E-state index in [0.717, 1.165) is 25.7 Å². The van der Waals surface area contributed by atoms with Gasteiger partial charge in [0.25, 0.3) is 0 Å². The topological polar surface area (TPSA) is 44.5 Å². The van der Waals surface area contributed by atoms with Crippen LogP contribution in [-0.2, 0) is 9.47 Å². The summed E-state index contributed by atoms with van der Waals surface area (Å²) in [5.74, 6) is 0. The fourth-order valence-corrected chi connectivity index (χ4v) is 2.42. The molecule has 0 aromatic carbocycles. The van der Waals surface area contributed by atoms with E-state index in [1.807, 2.05) is 0 Å². The lowest BCUT2D eigenvalue weighted by Gasteiger charge is -2.31. The molecule has 0 aliphatic heterocycles. The third-order valence-electron chi connectivity index (χ3n) is 3.49. The van der Waals surface area contributed by atoms with Crippen LogP contribution in [0, 0.1) is 0 Å². The molecule has 0 saturated heterocycles. The van der Waals surface area contributed by atoms with Gasteiger partial charge in [0.2, 0.25) is 0 Å². The Bertz CT molecular complexity index is 239. The van der Waals surface area contributed by atoms with Crippen molar-refractivity contribution in [2.75, 3.05) is 26.4 Å². The number of rotatable bonds is 7. The summed E-state index contributed by atoms with van der Waals surface area (Å²) in [6.07, 6.45) is 2.77. The van der Waals surface area contributed by atoms with E-state index >= 15 is 0 Å². The zero-order valence-electron chi connectivity index (χ0n) is 11.3. The molecule has 0 aromatic heterocycles. The summed E-state index contributed by atoms with van der Waals surface area (Å²) in [5.41, 5.74) is 5.54. The first-order chi connectivity index (χ1) is 8.97. The summed E-state index contributed by atoms with van der Waals surface area (Å²) >= 11 is 0. The van der Waals surface area contributed by atoms with Gasteiger partial charge in [0.15, 0.2) is 0 Å². The average molecular weight is 283 g/mol. The molecular weight excluding hydrogens is 259 g/mol. The minimum atomic E-state index is -4.25. The molecule has 1 fully saturated rings. The van der Waals surface area contributed by atoms with E-state index in [4.69, 9.17) is 10.5 Å². The third-order valence-corrected chi connectivity index (χ3v) is 3.49. The average Bonchev–Trinajstić information content (AvgIpc) is 2.58. The van der Waals surface area contributed by atoms with Crippen molar-refractivity contribution >= 4 is 0 Å². The Balaban J connectivity index is 2.15. The summed E-state index contributed by atoms with van der Waals surface area (Å²) < 4.78 is 45.9. The monoisotopic (exact) mass is 283 g/mol. The van der Waals surface area contributed by atoms with E-state index in [0.29, 0.717) is 19.6 Å². The van der Waals surface area contributed by atoms with Gasteiger partial charge in [0.05, 0.1) is 5.60 Å². The van der Waals surface area contributed by atoms with Crippen molar-refractivity contribution in [3.63, 3.8) is 0 Å². The number of hydrogen-bond acceptors (Lipinski definition) is 3. The standard InChI is InChI=1S/C13H24F3NO2/c14-13(15,16)11-18-8-5-9-19-12(10-17)6-3-1-2-4-7-12/h1-11,17H2. The highest BCUT2D eigenvalue weighted by molar-refractivity contribution is 4.84. The van der Waals surface area contributed by atoms with Crippen LogP contribution in [0.5, 0.6) is 0 Å². The molecule has 0 atom stereocenters. The van der Waals surface area contributed by atoms with Gasteiger partial charge in [-0.1, -0.05) is 25.7 Å². The highest BCUT2D eigenvalue weighted by Crippen LogP contribution is 2.29. The first kappa shape index (κ1) is 16.7. The normalized spacial score (nSPS) is 20.2. The van der Waals surface area contributed by atoms with Gasteiger partial charge in [-0.25, -0.2) is 0 Å². The minimum absolute atomic E-state index is 0.0696. The molecule has 114 valence electrons. The van der Waals surface area contributed by atoms with Gasteiger partial charge in [-0.2, -0.15) is 13.2 Å². The van der Waals surface area contributed by atoms with Crippen LogP contribution in [0.4, 0.5) is 13.2 Å². The van der Waals surface area contributed by atoms with Crippen molar-refractivity contribution in [1.82, 2.24) is 0 Å². The van der Waals surface area contributed by atoms with E-state index in [2.05, 4.69) is 4.74 Å². The van der Waals surface area contributed by atoms with Gasteiger partial charge in [0, 0.05) is 19.8 Å². The van der Waals surface area contributed by atoms with Gasteiger partial charge in [0.1, 0.15) is 6.61 Å². The molecule has 1 saturated carbocycles. The molecule has 19 heavy (non-hydrogen) atoms. The van der Waals surface area contributed by atoms with Crippen molar-refractivity contribution in [2.45, 2.75) is 56.7 Å². The molecule has 6 heteroatoms. The molecule has 1 rings (SSSR count). The first-order valence-electron chi connectivity index (χ1n) is 6.96. The van der Waals surface area contributed by atoms with Gasteiger partial charge in [-0.15, -0.1) is 0 Å². The quantitative estimate of drug-likeness (QED) is 0.577. The Morgan fingerprint density at radius 3 is 2.16 bits per heavy atom. The van der Waals surface area contributed by atoms with E-state index in [9.17, 15) is 13.2 Å². The fourth-order valence-electron chi connectivity index (χ4n) is 2.42. The smallest absolute Gasteiger partial charge is 0.374 e. The number of nitrogens with two attached hydrogens (primary N) is 1. The van der Waals surface area contributed by atoms with Crippen LogP contribution < -0.4 is 5.73 Å². The lowest BCUT2D eigenvalue weighted by Crippen LogP contribution is -2.40. The maximum absolute atomic E-state index is 11.8. The minimum Gasteiger partial charge on any atom is -0.374 e. The predicted octanol–water partition coefficient (Wildman–Crippen LogP) is 3.02. The Hall–Kier alpha value is -0.330. The SMILES string of the molecule is NCC1(OCCCOCC(F)(F)F)CCCCCC1. The molecule has 3 nitrogen and oxygen atoms in total. The molecule has 0 bridgehead atoms. The number of alkyl halides is 3. The summed E-state index contributed by atoms with van der Waals surface area (Å²) in [6, 6.07) is 0. The maximum atomic E-state index is 11.8. The largest absolute Gasteiger partial charge is 0.411 e. The van der Waals surface area contributed by atoms with Crippen molar-refractivity contribution in [3.8, 4) is 0 Å². The van der Waals surface area contributed by atoms with E-state index in [1.165, 1.54) is 12.8 Å². The molecule has 2 N–H and O–H groups in total. The third kappa shape index (κ3) is 7.13. The molecule has 0 heterocycles. The molecule has 0 unspecified atom stereocenters. The van der Waals surface area contributed by atoms with Crippen LogP contribution >= 0.6 is 0 Å². The van der Waals surface area contributed by atoms with Crippen molar-refractivity contribution in [2.24, 2.45) is 5.73 Å². The van der Waals surface area contributed by atoms with Gasteiger partial charge in [-0.05, 0) is 19.3 Å². The van der Waals surface area contributed by atoms with Crippen LogP contribution in [0.3, 0.4) is 0 Å². The van der Waals surface area contributed by atoms with E-state index in [-0.39, 0.29) is 12.2 Å². The summed E-state index contributed by atoms with van der Waals surface area (Å²) in [4.78, 5) is 0. The molecule has 1 aliphatic rings. The number of hydrogen-bond donors (Lipinski definition) is 1. The van der Waals surface area contributed by atoms with Gasteiger partial charge >= 0.3 is 6.18 Å². The lowest BCUT2D eigenvalue weighted by atomic mass is 9.94. The second kappa shape index (κ2) is 8.07. The highest BCUT2D eigenvalue weighted by atomic mass is 19.4. The number of ether oxygens (including phenoxy) is 2. The van der Waals surface area contributed by atoms with Crippen molar-refractivity contribution < 1.29 is 22.6 Å². The molecule has 0 aromatic rings. The second-order valence-corrected chi connectivity index (χ2v) is 5.17. The highest BCUT2D eigenvalue weighted by Gasteiger charge is 2.30. The molecule has 0 spiro atoms. The van der Waals surface area contributed by atoms with Crippen LogP contribution in [0.15, 0.2) is 0 Å². The summed E-state index contributed by atoms with van der Waals surface area (Å²) in [5, 5.41) is 0.